The van der Waals surface area contributed by atoms with Gasteiger partial charge in [-0.05, 0) is 93.4 Å². The maximum atomic E-state index is 5.04. The quantitative estimate of drug-likeness (QED) is 0.713. The Morgan fingerprint density at radius 2 is 1.68 bits per heavy atom. The molecule has 3 nitrogen and oxygen atoms in total. The van der Waals surface area contributed by atoms with Gasteiger partial charge in [0.05, 0.1) is 17.1 Å². The second kappa shape index (κ2) is 5.85. The van der Waals surface area contributed by atoms with E-state index in [-0.39, 0.29) is 0 Å². The highest BCUT2D eigenvalue weighted by molar-refractivity contribution is 6.16. The fourth-order valence-electron chi connectivity index (χ4n) is 6.77. The summed E-state index contributed by atoms with van der Waals surface area (Å²) in [5.41, 5.74) is 7.42. The van der Waals surface area contributed by atoms with E-state index in [0.29, 0.717) is 5.54 Å². The molecule has 0 atom stereocenters. The van der Waals surface area contributed by atoms with Crippen molar-refractivity contribution >= 4 is 16.6 Å². The molecule has 28 heavy (non-hydrogen) atoms. The van der Waals surface area contributed by atoms with Crippen LogP contribution in [0.5, 0.6) is 0 Å². The molecule has 1 aliphatic heterocycles. The molecule has 4 fully saturated rings. The fourth-order valence-corrected chi connectivity index (χ4v) is 6.77. The van der Waals surface area contributed by atoms with Crippen LogP contribution in [-0.4, -0.2) is 16.2 Å². The van der Waals surface area contributed by atoms with Crippen molar-refractivity contribution in [2.75, 3.05) is 0 Å². The van der Waals surface area contributed by atoms with E-state index in [1.807, 2.05) is 0 Å². The third-order valence-electron chi connectivity index (χ3n) is 7.87. The Morgan fingerprint density at radius 1 is 1.00 bits per heavy atom. The Hall–Kier alpha value is -2.29. The highest BCUT2D eigenvalue weighted by Crippen LogP contribution is 2.55. The summed E-state index contributed by atoms with van der Waals surface area (Å²) in [5, 5.41) is 5.15. The fraction of sp³-hybridized carbons (Fsp3) is 0.480. The van der Waals surface area contributed by atoms with Gasteiger partial charge in [-0.15, -0.1) is 0 Å². The molecule has 2 aromatic rings. The molecule has 2 N–H and O–H groups in total. The predicted octanol–water partition coefficient (Wildman–Crippen LogP) is 5.71. The van der Waals surface area contributed by atoms with Gasteiger partial charge in [-0.1, -0.05) is 18.2 Å². The number of aromatic nitrogens is 1. The largest absolute Gasteiger partial charge is 0.384 e. The third kappa shape index (κ3) is 2.52. The number of aromatic amines is 1. The molecule has 4 bridgehead atoms. The van der Waals surface area contributed by atoms with Gasteiger partial charge < -0.3 is 10.3 Å². The van der Waals surface area contributed by atoms with Crippen LogP contribution in [0.25, 0.3) is 10.9 Å². The van der Waals surface area contributed by atoms with E-state index >= 15 is 0 Å². The molecule has 7 rings (SSSR count). The summed E-state index contributed by atoms with van der Waals surface area (Å²) in [6.07, 6.45) is 10.8. The number of benzene rings is 1. The lowest BCUT2D eigenvalue weighted by Gasteiger charge is -2.57. The van der Waals surface area contributed by atoms with Crippen molar-refractivity contribution in [3.8, 4) is 0 Å². The zero-order chi connectivity index (χ0) is 18.9. The smallest absolute Gasteiger partial charge is 0.0905 e. The molecule has 144 valence electrons. The van der Waals surface area contributed by atoms with Gasteiger partial charge in [0.2, 0.25) is 0 Å². The highest BCUT2D eigenvalue weighted by Gasteiger charge is 2.50. The molecular weight excluding hydrogens is 342 g/mol. The van der Waals surface area contributed by atoms with Gasteiger partial charge in [0.25, 0.3) is 0 Å². The van der Waals surface area contributed by atoms with Crippen LogP contribution in [0.1, 0.15) is 58.1 Å². The molecule has 3 heteroatoms. The maximum absolute atomic E-state index is 5.04. The summed E-state index contributed by atoms with van der Waals surface area (Å²) in [4.78, 5) is 8.59. The van der Waals surface area contributed by atoms with Gasteiger partial charge in [-0.3, -0.25) is 0 Å². The first kappa shape index (κ1) is 16.6. The van der Waals surface area contributed by atoms with E-state index in [0.717, 1.165) is 34.9 Å². The summed E-state index contributed by atoms with van der Waals surface area (Å²) in [7, 11) is 0. The molecule has 0 spiro atoms. The zero-order valence-corrected chi connectivity index (χ0v) is 16.9. The van der Waals surface area contributed by atoms with Crippen LogP contribution in [0, 0.1) is 17.8 Å². The van der Waals surface area contributed by atoms with Crippen molar-refractivity contribution < 1.29 is 0 Å². The SMILES string of the molecule is CC1=C(C)/C(=C\NC23CC4CC(CC(C4)C2)C3)N=C1c1cc2ccccc2[nH]1. The van der Waals surface area contributed by atoms with Gasteiger partial charge in [-0.25, -0.2) is 4.99 Å². The predicted molar refractivity (Wildman–Crippen MR) is 115 cm³/mol. The lowest BCUT2D eigenvalue weighted by Crippen LogP contribution is -2.57. The maximum Gasteiger partial charge on any atom is 0.0905 e. The lowest BCUT2D eigenvalue weighted by molar-refractivity contribution is -0.0130. The number of nitrogens with one attached hydrogen (secondary N) is 2. The van der Waals surface area contributed by atoms with Gasteiger partial charge >= 0.3 is 0 Å². The van der Waals surface area contributed by atoms with Crippen molar-refractivity contribution in [3.05, 3.63) is 59.1 Å². The minimum atomic E-state index is 0.343. The Balaban J connectivity index is 1.30. The van der Waals surface area contributed by atoms with Crippen LogP contribution in [0.2, 0.25) is 0 Å². The summed E-state index contributed by atoms with van der Waals surface area (Å²) in [5.74, 6) is 2.89. The Kier molecular flexibility index (Phi) is 3.48. The van der Waals surface area contributed by atoms with Crippen LogP contribution in [0.4, 0.5) is 0 Å². The van der Waals surface area contributed by atoms with Crippen molar-refractivity contribution in [1.29, 1.82) is 0 Å². The average molecular weight is 372 g/mol. The number of rotatable bonds is 3. The van der Waals surface area contributed by atoms with Crippen LogP contribution in [0.15, 0.2) is 58.4 Å². The van der Waals surface area contributed by atoms with Crippen LogP contribution in [0.3, 0.4) is 0 Å². The first-order valence-corrected chi connectivity index (χ1v) is 10.9. The number of hydrogen-bond acceptors (Lipinski definition) is 2. The first-order chi connectivity index (χ1) is 13.6. The molecular formula is C25H29N3. The number of H-pyrrole nitrogens is 1. The normalized spacial score (nSPS) is 35.3. The molecule has 5 aliphatic rings. The number of hydrogen-bond donors (Lipinski definition) is 2. The van der Waals surface area contributed by atoms with Crippen molar-refractivity contribution in [3.63, 3.8) is 0 Å². The Morgan fingerprint density at radius 3 is 2.36 bits per heavy atom. The van der Waals surface area contributed by atoms with Crippen molar-refractivity contribution in [1.82, 2.24) is 10.3 Å². The molecule has 0 unspecified atom stereocenters. The van der Waals surface area contributed by atoms with Gasteiger partial charge in [0.15, 0.2) is 0 Å². The standard InChI is InChI=1S/C25H29N3/c1-15-16(2)24(22-10-20-5-3-4-6-21(20)27-22)28-23(15)14-26-25-11-17-7-18(12-25)9-19(8-17)13-25/h3-6,10,14,17-19,26-27H,7-9,11-13H2,1-2H3/b23-14+. The number of aliphatic imine (C=N–C) groups is 1. The monoisotopic (exact) mass is 371 g/mol. The Bertz CT molecular complexity index is 980. The van der Waals surface area contributed by atoms with Gasteiger partial charge in [-0.2, -0.15) is 0 Å². The summed E-state index contributed by atoms with van der Waals surface area (Å²) < 4.78 is 0. The molecule has 2 heterocycles. The summed E-state index contributed by atoms with van der Waals surface area (Å²) in [6, 6.07) is 10.7. The first-order valence-electron chi connectivity index (χ1n) is 10.9. The molecule has 0 amide bonds. The number of allylic oxidation sites excluding steroid dienone is 2. The highest BCUT2D eigenvalue weighted by atomic mass is 15.0. The second-order valence-corrected chi connectivity index (χ2v) is 9.85. The van der Waals surface area contributed by atoms with Gasteiger partial charge in [0.1, 0.15) is 0 Å². The zero-order valence-electron chi connectivity index (χ0n) is 16.9. The summed E-state index contributed by atoms with van der Waals surface area (Å²) in [6.45, 7) is 4.41. The van der Waals surface area contributed by atoms with Crippen LogP contribution >= 0.6 is 0 Å². The van der Waals surface area contributed by atoms with Crippen molar-refractivity contribution in [2.24, 2.45) is 22.7 Å². The number of para-hydroxylation sites is 1. The van der Waals surface area contributed by atoms with E-state index in [4.69, 9.17) is 4.99 Å². The molecule has 1 aromatic heterocycles. The molecule has 4 aliphatic carbocycles. The second-order valence-electron chi connectivity index (χ2n) is 9.85. The van der Waals surface area contributed by atoms with Crippen LogP contribution < -0.4 is 5.32 Å². The van der Waals surface area contributed by atoms with E-state index in [1.165, 1.54) is 60.6 Å². The molecule has 1 aromatic carbocycles. The van der Waals surface area contributed by atoms with E-state index < -0.39 is 0 Å². The van der Waals surface area contributed by atoms with Gasteiger partial charge in [0, 0.05) is 22.6 Å². The lowest BCUT2D eigenvalue weighted by atomic mass is 9.53. The molecule has 0 saturated heterocycles. The average Bonchev–Trinajstić information content (AvgIpc) is 3.21. The van der Waals surface area contributed by atoms with E-state index in [2.05, 4.69) is 60.7 Å². The van der Waals surface area contributed by atoms with E-state index in [9.17, 15) is 0 Å². The third-order valence-corrected chi connectivity index (χ3v) is 7.87. The van der Waals surface area contributed by atoms with Crippen LogP contribution in [-0.2, 0) is 0 Å². The summed E-state index contributed by atoms with van der Waals surface area (Å²) >= 11 is 0. The minimum Gasteiger partial charge on any atom is -0.384 e. The molecule has 4 saturated carbocycles. The Labute approximate surface area is 167 Å². The van der Waals surface area contributed by atoms with E-state index in [1.54, 1.807) is 0 Å². The number of fused-ring (bicyclic) bond motifs is 1. The topological polar surface area (TPSA) is 40.2 Å². The molecule has 0 radical (unpaired) electrons. The minimum absolute atomic E-state index is 0.343. The van der Waals surface area contributed by atoms with Crippen molar-refractivity contribution in [2.45, 2.75) is 57.9 Å². The number of nitrogens with zero attached hydrogens (tertiary/aromatic N) is 1.